The summed E-state index contributed by atoms with van der Waals surface area (Å²) >= 11 is 0. The lowest BCUT2D eigenvalue weighted by Gasteiger charge is -2.31. The van der Waals surface area contributed by atoms with Gasteiger partial charge in [0, 0.05) is 36.1 Å². The fraction of sp³-hybridized carbons (Fsp3) is 0.469. The van der Waals surface area contributed by atoms with Crippen molar-refractivity contribution >= 4 is 23.3 Å². The summed E-state index contributed by atoms with van der Waals surface area (Å²) in [4.78, 5) is 41.5. The van der Waals surface area contributed by atoms with E-state index in [1.807, 2.05) is 24.3 Å². The second kappa shape index (κ2) is 15.4. The largest absolute Gasteiger partial charge is 0.490 e. The first-order chi connectivity index (χ1) is 20.8. The van der Waals surface area contributed by atoms with Crippen LogP contribution in [0.2, 0.25) is 0 Å². The van der Waals surface area contributed by atoms with Gasteiger partial charge >= 0.3 is 11.9 Å². The molecule has 2 heterocycles. The topological polar surface area (TPSA) is 136 Å². The van der Waals surface area contributed by atoms with E-state index in [-0.39, 0.29) is 30.8 Å². The molecule has 0 amide bonds. The first-order valence-corrected chi connectivity index (χ1v) is 14.5. The number of aryl methyl sites for hydroxylation is 1. The number of benzene rings is 2. The molecule has 43 heavy (non-hydrogen) atoms. The molecule has 2 aromatic carbocycles. The molecule has 1 fully saturated rings. The maximum Gasteiger partial charge on any atom is 0.336 e. The van der Waals surface area contributed by atoms with Crippen LogP contribution in [0, 0.1) is 16.0 Å². The first-order valence-electron chi connectivity index (χ1n) is 14.5. The second-order valence-electron chi connectivity index (χ2n) is 10.5. The van der Waals surface area contributed by atoms with Gasteiger partial charge in [-0.25, -0.2) is 4.79 Å². The van der Waals surface area contributed by atoms with Gasteiger partial charge in [0.2, 0.25) is 0 Å². The average Bonchev–Trinajstić information content (AvgIpc) is 3.01. The Balaban J connectivity index is 1.33. The highest BCUT2D eigenvalue weighted by Gasteiger charge is 2.42. The van der Waals surface area contributed by atoms with Gasteiger partial charge in [0.25, 0.3) is 5.69 Å². The molecule has 0 aromatic heterocycles. The molecule has 0 radical (unpaired) electrons. The highest BCUT2D eigenvalue weighted by molar-refractivity contribution is 6.07. The molecular weight excluding hydrogens is 556 g/mol. The van der Waals surface area contributed by atoms with Crippen LogP contribution < -0.4 is 4.74 Å². The Hall–Kier alpha value is -4.09. The minimum absolute atomic E-state index is 0.0504. The predicted molar refractivity (Wildman–Crippen MR) is 158 cm³/mol. The Morgan fingerprint density at radius 2 is 1.86 bits per heavy atom. The molecule has 11 heteroatoms. The number of carbonyl (C=O) groups is 2. The molecule has 3 atom stereocenters. The van der Waals surface area contributed by atoms with E-state index < -0.39 is 28.7 Å². The molecule has 3 unspecified atom stereocenters. The van der Waals surface area contributed by atoms with Gasteiger partial charge in [-0.2, -0.15) is 0 Å². The number of nitro groups is 1. The predicted octanol–water partition coefficient (Wildman–Crippen LogP) is 5.31. The monoisotopic (exact) mass is 594 g/mol. The molecule has 0 bridgehead atoms. The summed E-state index contributed by atoms with van der Waals surface area (Å²) in [5.41, 5.74) is 2.37. The third-order valence-electron chi connectivity index (χ3n) is 7.50. The van der Waals surface area contributed by atoms with Gasteiger partial charge in [0.15, 0.2) is 6.29 Å². The van der Waals surface area contributed by atoms with E-state index in [1.165, 1.54) is 25.3 Å². The summed E-state index contributed by atoms with van der Waals surface area (Å²) in [6.45, 7) is 4.79. The fourth-order valence-corrected chi connectivity index (χ4v) is 5.38. The lowest BCUT2D eigenvalue weighted by molar-refractivity contribution is -0.384. The van der Waals surface area contributed by atoms with E-state index in [1.54, 1.807) is 19.9 Å². The van der Waals surface area contributed by atoms with Crippen molar-refractivity contribution in [3.63, 3.8) is 0 Å². The van der Waals surface area contributed by atoms with Crippen LogP contribution in [-0.2, 0) is 35.0 Å². The molecule has 0 saturated carbocycles. The molecular formula is C32H38N2O9. The van der Waals surface area contributed by atoms with Crippen molar-refractivity contribution in [2.75, 3.05) is 33.5 Å². The van der Waals surface area contributed by atoms with Crippen LogP contribution in [-0.4, -0.2) is 62.4 Å². The summed E-state index contributed by atoms with van der Waals surface area (Å²) in [5, 5.41) is 11.4. The summed E-state index contributed by atoms with van der Waals surface area (Å²) < 4.78 is 27.7. The van der Waals surface area contributed by atoms with E-state index >= 15 is 0 Å². The molecule has 230 valence electrons. The van der Waals surface area contributed by atoms with Crippen LogP contribution in [0.1, 0.15) is 56.6 Å². The van der Waals surface area contributed by atoms with Crippen LogP contribution in [0.4, 0.5) is 5.69 Å². The quantitative estimate of drug-likeness (QED) is 0.131. The maximum absolute atomic E-state index is 13.3. The van der Waals surface area contributed by atoms with Crippen molar-refractivity contribution in [2.45, 2.75) is 58.2 Å². The summed E-state index contributed by atoms with van der Waals surface area (Å²) in [6.07, 6.45) is 4.90. The number of hydrogen-bond donors (Lipinski definition) is 0. The van der Waals surface area contributed by atoms with Crippen LogP contribution in [0.25, 0.3) is 0 Å². The fourth-order valence-electron chi connectivity index (χ4n) is 5.38. The Labute approximate surface area is 251 Å². The van der Waals surface area contributed by atoms with Gasteiger partial charge in [0.05, 0.1) is 24.2 Å². The van der Waals surface area contributed by atoms with Crippen LogP contribution in [0.3, 0.4) is 0 Å². The standard InChI is InChI=1S/C32H38N2O9/c1-21-28(31(35)39-3)30(24-9-6-10-25(20-24)34(37)38)29(22(2)33-21)32(36)43-19-18-40-26-14-12-23(13-15-26)8-7-17-42-27-11-4-5-16-41-27/h6,9-10,12-15,20,27-28,30H,4-5,7-8,11,16-19H2,1-3H3. The first kappa shape index (κ1) is 31.8. The SMILES string of the molecule is COC(=O)C1C(C)=NC(C)=C(C(=O)OCCOc2ccc(CCCOC3CCCCO3)cc2)C1c1cccc([N+](=O)[O-])c1. The minimum Gasteiger partial charge on any atom is -0.490 e. The van der Waals surface area contributed by atoms with Gasteiger partial charge in [-0.1, -0.05) is 24.3 Å². The summed E-state index contributed by atoms with van der Waals surface area (Å²) in [7, 11) is 1.25. The van der Waals surface area contributed by atoms with Crippen molar-refractivity contribution in [3.8, 4) is 5.75 Å². The number of ether oxygens (including phenoxy) is 5. The van der Waals surface area contributed by atoms with Crippen molar-refractivity contribution < 1.29 is 38.2 Å². The van der Waals surface area contributed by atoms with Gasteiger partial charge in [-0.15, -0.1) is 0 Å². The minimum atomic E-state index is -0.944. The number of carbonyl (C=O) groups excluding carboxylic acids is 2. The number of nitrogens with zero attached hydrogens (tertiary/aromatic N) is 2. The summed E-state index contributed by atoms with van der Waals surface area (Å²) in [6, 6.07) is 13.6. The van der Waals surface area contributed by atoms with Gasteiger partial charge in [-0.05, 0) is 69.2 Å². The third-order valence-corrected chi connectivity index (χ3v) is 7.50. The molecule has 1 saturated heterocycles. The van der Waals surface area contributed by atoms with E-state index in [9.17, 15) is 19.7 Å². The van der Waals surface area contributed by atoms with E-state index in [2.05, 4.69) is 4.99 Å². The Kier molecular flexibility index (Phi) is 11.4. The van der Waals surface area contributed by atoms with Crippen LogP contribution in [0.15, 0.2) is 64.8 Å². The number of esters is 2. The lowest BCUT2D eigenvalue weighted by Crippen LogP contribution is -2.36. The smallest absolute Gasteiger partial charge is 0.336 e. The number of allylic oxidation sites excluding steroid dienone is 1. The number of methoxy groups -OCH3 is 1. The average molecular weight is 595 g/mol. The van der Waals surface area contributed by atoms with Gasteiger partial charge < -0.3 is 23.7 Å². The molecule has 2 aliphatic heterocycles. The van der Waals surface area contributed by atoms with E-state index in [4.69, 9.17) is 23.7 Å². The second-order valence-corrected chi connectivity index (χ2v) is 10.5. The zero-order valence-electron chi connectivity index (χ0n) is 24.8. The highest BCUT2D eigenvalue weighted by atomic mass is 16.7. The number of non-ortho nitro benzene ring substituents is 1. The Morgan fingerprint density at radius 3 is 2.56 bits per heavy atom. The van der Waals surface area contributed by atoms with E-state index in [0.717, 1.165) is 44.3 Å². The number of rotatable bonds is 13. The Morgan fingerprint density at radius 1 is 1.07 bits per heavy atom. The maximum atomic E-state index is 13.3. The van der Waals surface area contributed by atoms with Crippen LogP contribution >= 0.6 is 0 Å². The zero-order chi connectivity index (χ0) is 30.8. The molecule has 4 rings (SSSR count). The van der Waals surface area contributed by atoms with Gasteiger partial charge in [-0.3, -0.25) is 19.9 Å². The Bertz CT molecular complexity index is 1350. The van der Waals surface area contributed by atoms with Crippen molar-refractivity contribution in [2.24, 2.45) is 10.9 Å². The van der Waals surface area contributed by atoms with Gasteiger partial charge in [0.1, 0.15) is 24.9 Å². The molecule has 2 aromatic rings. The lowest BCUT2D eigenvalue weighted by atomic mass is 9.75. The molecule has 2 aliphatic rings. The number of aliphatic imine (C=N–C) groups is 1. The molecule has 0 aliphatic carbocycles. The molecule has 11 nitrogen and oxygen atoms in total. The van der Waals surface area contributed by atoms with Crippen molar-refractivity contribution in [1.82, 2.24) is 0 Å². The van der Waals surface area contributed by atoms with Crippen LogP contribution in [0.5, 0.6) is 5.75 Å². The van der Waals surface area contributed by atoms with Crippen molar-refractivity contribution in [1.29, 1.82) is 0 Å². The van der Waals surface area contributed by atoms with E-state index in [0.29, 0.717) is 29.3 Å². The highest BCUT2D eigenvalue weighted by Crippen LogP contribution is 2.41. The molecule has 0 N–H and O–H groups in total. The molecule has 0 spiro atoms. The third kappa shape index (κ3) is 8.48. The summed E-state index contributed by atoms with van der Waals surface area (Å²) in [5.74, 6) is -2.46. The zero-order valence-corrected chi connectivity index (χ0v) is 24.8. The number of nitro benzene ring substituents is 1. The number of hydrogen-bond acceptors (Lipinski definition) is 10. The van der Waals surface area contributed by atoms with Crippen molar-refractivity contribution in [3.05, 3.63) is 81.0 Å². The normalized spacial score (nSPS) is 20.3.